The molecule has 2 saturated heterocycles. The number of nitrogens with zero attached hydrogens (tertiary/aromatic N) is 5. The van der Waals surface area contributed by atoms with E-state index >= 15 is 0 Å². The Labute approximate surface area is 117 Å². The number of aromatic nitrogens is 4. The van der Waals surface area contributed by atoms with Crippen LogP contribution < -0.4 is 5.32 Å². The number of ether oxygens (including phenoxy) is 1. The number of amides is 1. The van der Waals surface area contributed by atoms with E-state index in [1.54, 1.807) is 16.6 Å². The fourth-order valence-electron chi connectivity index (χ4n) is 3.20. The number of carbonyl (C=O) groups is 1. The predicted octanol–water partition coefficient (Wildman–Crippen LogP) is -1.21. The highest BCUT2D eigenvalue weighted by molar-refractivity contribution is 5.83. The molecule has 0 aliphatic carbocycles. The molecule has 2 aliphatic heterocycles. The molecule has 2 fully saturated rings. The van der Waals surface area contributed by atoms with Gasteiger partial charge in [-0.05, 0) is 16.8 Å². The average Bonchev–Trinajstić information content (AvgIpc) is 3.05. The van der Waals surface area contributed by atoms with Gasteiger partial charge in [-0.15, -0.1) is 5.10 Å². The van der Waals surface area contributed by atoms with Crippen molar-refractivity contribution >= 4 is 5.91 Å². The Kier molecular flexibility index (Phi) is 3.43. The van der Waals surface area contributed by atoms with Gasteiger partial charge in [0.05, 0.1) is 18.6 Å². The third-order valence-corrected chi connectivity index (χ3v) is 4.48. The second kappa shape index (κ2) is 5.10. The van der Waals surface area contributed by atoms with Crippen LogP contribution in [-0.2, 0) is 23.1 Å². The minimum absolute atomic E-state index is 0.166. The highest BCUT2D eigenvalue weighted by atomic mass is 16.5. The summed E-state index contributed by atoms with van der Waals surface area (Å²) in [5, 5.41) is 14.7. The van der Waals surface area contributed by atoms with Gasteiger partial charge >= 0.3 is 0 Å². The minimum atomic E-state index is -0.320. The molecule has 0 unspecified atom stereocenters. The lowest BCUT2D eigenvalue weighted by atomic mass is 9.73. The summed E-state index contributed by atoms with van der Waals surface area (Å²) < 4.78 is 7.11. The second-order valence-electron chi connectivity index (χ2n) is 5.69. The molecule has 1 amide bonds. The van der Waals surface area contributed by atoms with Crippen molar-refractivity contribution in [2.75, 3.05) is 33.4 Å². The summed E-state index contributed by atoms with van der Waals surface area (Å²) in [5.74, 6) is 1.12. The summed E-state index contributed by atoms with van der Waals surface area (Å²) in [6.45, 7) is 3.34. The Balaban J connectivity index is 1.75. The van der Waals surface area contributed by atoms with E-state index in [0.717, 1.165) is 19.5 Å². The van der Waals surface area contributed by atoms with Crippen LogP contribution in [-0.4, -0.2) is 64.4 Å². The first kappa shape index (κ1) is 13.4. The molecule has 20 heavy (non-hydrogen) atoms. The van der Waals surface area contributed by atoms with Gasteiger partial charge in [-0.2, -0.15) is 0 Å². The van der Waals surface area contributed by atoms with Gasteiger partial charge in [0, 0.05) is 39.7 Å². The minimum Gasteiger partial charge on any atom is -0.381 e. The summed E-state index contributed by atoms with van der Waals surface area (Å²) in [7, 11) is 3.59. The van der Waals surface area contributed by atoms with Crippen LogP contribution in [0.4, 0.5) is 0 Å². The number of fused-ring (bicyclic) bond motifs is 1. The molecule has 0 saturated carbocycles. The smallest absolute Gasteiger partial charge is 0.230 e. The molecule has 1 N–H and O–H groups in total. The number of aryl methyl sites for hydroxylation is 1. The lowest BCUT2D eigenvalue weighted by molar-refractivity contribution is -0.149. The lowest BCUT2D eigenvalue weighted by Gasteiger charge is -2.39. The summed E-state index contributed by atoms with van der Waals surface area (Å²) in [5.41, 5.74) is -0.320. The van der Waals surface area contributed by atoms with Crippen molar-refractivity contribution in [1.82, 2.24) is 30.4 Å². The molecule has 1 aromatic rings. The van der Waals surface area contributed by atoms with Gasteiger partial charge < -0.3 is 15.0 Å². The van der Waals surface area contributed by atoms with E-state index in [0.29, 0.717) is 25.6 Å². The van der Waals surface area contributed by atoms with Crippen LogP contribution in [0.3, 0.4) is 0 Å². The van der Waals surface area contributed by atoms with E-state index < -0.39 is 0 Å². The Bertz CT molecular complexity index is 504. The molecule has 0 spiro atoms. The number of nitrogens with one attached hydrogen (secondary N) is 1. The van der Waals surface area contributed by atoms with Crippen molar-refractivity contribution in [1.29, 1.82) is 0 Å². The van der Waals surface area contributed by atoms with Crippen LogP contribution in [0, 0.1) is 11.3 Å². The van der Waals surface area contributed by atoms with Gasteiger partial charge in [-0.1, -0.05) is 0 Å². The topological polar surface area (TPSA) is 85.2 Å². The third-order valence-electron chi connectivity index (χ3n) is 4.48. The number of tetrazole rings is 1. The molecule has 1 aromatic heterocycles. The Hall–Kier alpha value is -1.54. The summed E-state index contributed by atoms with van der Waals surface area (Å²) in [6, 6.07) is 0. The van der Waals surface area contributed by atoms with E-state index in [2.05, 4.69) is 20.8 Å². The molecule has 110 valence electrons. The van der Waals surface area contributed by atoms with Gasteiger partial charge in [-0.3, -0.25) is 4.79 Å². The lowest BCUT2D eigenvalue weighted by Crippen LogP contribution is -2.50. The monoisotopic (exact) mass is 280 g/mol. The van der Waals surface area contributed by atoms with Crippen LogP contribution in [0.1, 0.15) is 12.2 Å². The van der Waals surface area contributed by atoms with Crippen molar-refractivity contribution in [3.63, 3.8) is 0 Å². The van der Waals surface area contributed by atoms with Gasteiger partial charge in [0.15, 0.2) is 5.82 Å². The third kappa shape index (κ3) is 2.08. The first-order valence-corrected chi connectivity index (χ1v) is 6.89. The maximum Gasteiger partial charge on any atom is 0.230 e. The number of hydrogen-bond acceptors (Lipinski definition) is 6. The van der Waals surface area contributed by atoms with Crippen LogP contribution in [0.2, 0.25) is 0 Å². The fourth-order valence-corrected chi connectivity index (χ4v) is 3.20. The second-order valence-corrected chi connectivity index (χ2v) is 5.69. The number of hydrogen-bond donors (Lipinski definition) is 1. The molecular weight excluding hydrogens is 260 g/mol. The average molecular weight is 280 g/mol. The number of carbonyl (C=O) groups excluding carboxylic acids is 1. The maximum atomic E-state index is 12.9. The molecule has 8 nitrogen and oxygen atoms in total. The van der Waals surface area contributed by atoms with Crippen molar-refractivity contribution < 1.29 is 9.53 Å². The zero-order chi connectivity index (χ0) is 14.2. The fraction of sp³-hybridized carbons (Fsp3) is 0.833. The highest BCUT2D eigenvalue weighted by Crippen LogP contribution is 2.40. The molecule has 2 atom stereocenters. The van der Waals surface area contributed by atoms with Crippen LogP contribution in [0.5, 0.6) is 0 Å². The van der Waals surface area contributed by atoms with Gasteiger partial charge in [0.1, 0.15) is 0 Å². The molecule has 8 heteroatoms. The molecule has 0 radical (unpaired) electrons. The number of rotatable bonds is 3. The first-order valence-electron chi connectivity index (χ1n) is 6.89. The van der Waals surface area contributed by atoms with E-state index in [-0.39, 0.29) is 17.2 Å². The predicted molar refractivity (Wildman–Crippen MR) is 69.5 cm³/mol. The highest BCUT2D eigenvalue weighted by Gasteiger charge is 2.51. The zero-order valence-corrected chi connectivity index (χ0v) is 11.9. The van der Waals surface area contributed by atoms with Gasteiger partial charge in [0.2, 0.25) is 5.91 Å². The normalized spacial score (nSPS) is 29.2. The van der Waals surface area contributed by atoms with E-state index in [1.807, 2.05) is 7.05 Å². The largest absolute Gasteiger partial charge is 0.381 e. The summed E-state index contributed by atoms with van der Waals surface area (Å²) in [4.78, 5) is 14.6. The zero-order valence-electron chi connectivity index (χ0n) is 11.9. The molecule has 2 aliphatic rings. The van der Waals surface area contributed by atoms with Crippen molar-refractivity contribution in [2.24, 2.45) is 18.4 Å². The first-order chi connectivity index (χ1) is 9.63. The molecule has 3 heterocycles. The molecule has 0 bridgehead atoms. The van der Waals surface area contributed by atoms with Crippen molar-refractivity contribution in [2.45, 2.75) is 13.0 Å². The summed E-state index contributed by atoms with van der Waals surface area (Å²) in [6.07, 6.45) is 0.783. The van der Waals surface area contributed by atoms with Crippen LogP contribution in [0.15, 0.2) is 0 Å². The van der Waals surface area contributed by atoms with Crippen molar-refractivity contribution in [3.05, 3.63) is 5.82 Å². The standard InChI is InChI=1S/C12H20N6O2/c1-17(6-10-14-15-16-18(10)2)11(19)12-3-4-20-7-9(12)5-13-8-12/h9,13H,3-8H2,1-2H3/t9-,12+/m0/s1. The van der Waals surface area contributed by atoms with Gasteiger partial charge in [0.25, 0.3) is 0 Å². The van der Waals surface area contributed by atoms with E-state index in [4.69, 9.17) is 4.74 Å². The Morgan fingerprint density at radius 1 is 1.65 bits per heavy atom. The van der Waals surface area contributed by atoms with Crippen LogP contribution in [0.25, 0.3) is 0 Å². The Morgan fingerprint density at radius 2 is 2.50 bits per heavy atom. The van der Waals surface area contributed by atoms with Crippen molar-refractivity contribution in [3.8, 4) is 0 Å². The quantitative estimate of drug-likeness (QED) is 0.748. The SMILES string of the molecule is CN(Cc1nnnn1C)C(=O)[C@@]12CCOC[C@@H]1CNC2. The van der Waals surface area contributed by atoms with E-state index in [9.17, 15) is 4.79 Å². The van der Waals surface area contributed by atoms with E-state index in [1.165, 1.54) is 0 Å². The van der Waals surface area contributed by atoms with Gasteiger partial charge in [-0.25, -0.2) is 4.68 Å². The Morgan fingerprint density at radius 3 is 3.25 bits per heavy atom. The summed E-state index contributed by atoms with van der Waals surface area (Å²) >= 11 is 0. The van der Waals surface area contributed by atoms with Crippen LogP contribution >= 0.6 is 0 Å². The molecular formula is C12H20N6O2. The maximum absolute atomic E-state index is 12.9. The molecule has 0 aromatic carbocycles. The molecule has 3 rings (SSSR count).